The summed E-state index contributed by atoms with van der Waals surface area (Å²) in [4.78, 5) is 12.7. The van der Waals surface area contributed by atoms with E-state index in [4.69, 9.17) is 5.84 Å². The summed E-state index contributed by atoms with van der Waals surface area (Å²) in [6, 6.07) is 7.60. The van der Waals surface area contributed by atoms with Crippen molar-refractivity contribution in [3.05, 3.63) is 29.8 Å². The molecule has 1 rings (SSSR count). The molecule has 1 aromatic carbocycles. The van der Waals surface area contributed by atoms with Gasteiger partial charge in [0.1, 0.15) is 0 Å². The monoisotopic (exact) mass is 221 g/mol. The number of benzene rings is 1. The van der Waals surface area contributed by atoms with Crippen molar-refractivity contribution in [1.82, 2.24) is 5.43 Å². The van der Waals surface area contributed by atoms with Crippen LogP contribution in [-0.4, -0.2) is 13.1 Å². The lowest BCUT2D eigenvalue weighted by molar-refractivity contribution is 0.247. The van der Waals surface area contributed by atoms with Gasteiger partial charge in [0.2, 0.25) is 0 Å². The van der Waals surface area contributed by atoms with E-state index in [1.807, 2.05) is 24.3 Å². The molecule has 88 valence electrons. The average Bonchev–Trinajstić information content (AvgIpc) is 2.27. The maximum atomic E-state index is 11.3. The highest BCUT2D eigenvalue weighted by Gasteiger charge is 2.08. The van der Waals surface area contributed by atoms with Gasteiger partial charge in [0.15, 0.2) is 0 Å². The minimum atomic E-state index is -0.323. The molecule has 0 aliphatic carbocycles. The molecule has 4 heteroatoms. The van der Waals surface area contributed by atoms with Gasteiger partial charge in [-0.1, -0.05) is 26.0 Å². The van der Waals surface area contributed by atoms with E-state index in [0.29, 0.717) is 5.92 Å². The number of nitrogens with one attached hydrogen (secondary N) is 1. The normalized spacial score (nSPS) is 10.3. The molecule has 2 amide bonds. The van der Waals surface area contributed by atoms with E-state index in [9.17, 15) is 4.79 Å². The number of urea groups is 1. The van der Waals surface area contributed by atoms with Crippen LogP contribution in [0.4, 0.5) is 10.5 Å². The van der Waals surface area contributed by atoms with Gasteiger partial charge < -0.3 is 0 Å². The smallest absolute Gasteiger partial charge is 0.296 e. The molecule has 0 bridgehead atoms. The maximum Gasteiger partial charge on any atom is 0.335 e. The lowest BCUT2D eigenvalue weighted by Crippen LogP contribution is -2.41. The second-order valence-electron chi connectivity index (χ2n) is 4.27. The van der Waals surface area contributed by atoms with E-state index < -0.39 is 0 Å². The van der Waals surface area contributed by atoms with Crippen molar-refractivity contribution < 1.29 is 4.79 Å². The Bertz CT molecular complexity index is 346. The summed E-state index contributed by atoms with van der Waals surface area (Å²) in [5, 5.41) is 0. The van der Waals surface area contributed by atoms with Crippen molar-refractivity contribution in [2.45, 2.75) is 20.3 Å². The van der Waals surface area contributed by atoms with Crippen LogP contribution in [0, 0.1) is 5.92 Å². The van der Waals surface area contributed by atoms with Crippen LogP contribution in [0.5, 0.6) is 0 Å². The molecule has 0 spiro atoms. The number of anilines is 1. The molecule has 0 atom stereocenters. The molecule has 16 heavy (non-hydrogen) atoms. The third-order valence-electron chi connectivity index (χ3n) is 2.40. The average molecular weight is 221 g/mol. The molecule has 0 unspecified atom stereocenters. The number of hydrazine groups is 1. The second kappa shape index (κ2) is 5.51. The van der Waals surface area contributed by atoms with Gasteiger partial charge in [0.05, 0.1) is 0 Å². The highest BCUT2D eigenvalue weighted by molar-refractivity contribution is 5.90. The molecule has 0 fully saturated rings. The molecule has 0 aliphatic heterocycles. The second-order valence-corrected chi connectivity index (χ2v) is 4.27. The predicted molar refractivity (Wildman–Crippen MR) is 66.1 cm³/mol. The summed E-state index contributed by atoms with van der Waals surface area (Å²) in [5.74, 6) is 5.70. The van der Waals surface area contributed by atoms with Crippen LogP contribution in [0.2, 0.25) is 0 Å². The Morgan fingerprint density at radius 3 is 2.38 bits per heavy atom. The summed E-state index contributed by atoms with van der Waals surface area (Å²) in [6.07, 6.45) is 1.05. The van der Waals surface area contributed by atoms with Crippen LogP contribution in [0.1, 0.15) is 19.4 Å². The number of carbonyl (C=O) groups excluding carboxylic acids is 1. The van der Waals surface area contributed by atoms with Gasteiger partial charge in [-0.2, -0.15) is 0 Å². The maximum absolute atomic E-state index is 11.3. The Morgan fingerprint density at radius 2 is 1.94 bits per heavy atom. The first-order valence-corrected chi connectivity index (χ1v) is 5.38. The quantitative estimate of drug-likeness (QED) is 0.465. The summed E-state index contributed by atoms with van der Waals surface area (Å²) in [7, 11) is 1.68. The van der Waals surface area contributed by atoms with Gasteiger partial charge in [-0.15, -0.1) is 0 Å². The van der Waals surface area contributed by atoms with Gasteiger partial charge in [0, 0.05) is 12.7 Å². The molecule has 3 N–H and O–H groups in total. The zero-order chi connectivity index (χ0) is 12.1. The van der Waals surface area contributed by atoms with Gasteiger partial charge in [-0.3, -0.25) is 10.3 Å². The first-order valence-electron chi connectivity index (χ1n) is 5.38. The zero-order valence-corrected chi connectivity index (χ0v) is 10.0. The molecule has 1 aromatic rings. The van der Waals surface area contributed by atoms with Crippen molar-refractivity contribution in [1.29, 1.82) is 0 Å². The Hall–Kier alpha value is -1.55. The van der Waals surface area contributed by atoms with Gasteiger partial charge in [-0.25, -0.2) is 10.6 Å². The summed E-state index contributed by atoms with van der Waals surface area (Å²) in [5.41, 5.74) is 4.20. The molecule has 0 heterocycles. The highest BCUT2D eigenvalue weighted by atomic mass is 16.2. The number of amides is 2. The van der Waals surface area contributed by atoms with Crippen molar-refractivity contribution in [3.8, 4) is 0 Å². The Balaban J connectivity index is 2.74. The Kier molecular flexibility index (Phi) is 4.31. The molecule has 0 aromatic heterocycles. The number of nitrogens with two attached hydrogens (primary N) is 1. The number of rotatable bonds is 3. The SMILES string of the molecule is CC(C)Cc1ccc(N(C)C(=O)NN)cc1. The van der Waals surface area contributed by atoms with Gasteiger partial charge in [-0.05, 0) is 30.0 Å². The first kappa shape index (κ1) is 12.5. The minimum absolute atomic E-state index is 0.323. The fourth-order valence-corrected chi connectivity index (χ4v) is 1.54. The fraction of sp³-hybridized carbons (Fsp3) is 0.417. The number of carbonyl (C=O) groups is 1. The van der Waals surface area contributed by atoms with Crippen LogP contribution in [-0.2, 0) is 6.42 Å². The molecular formula is C12H19N3O. The van der Waals surface area contributed by atoms with E-state index in [2.05, 4.69) is 19.3 Å². The van der Waals surface area contributed by atoms with E-state index in [-0.39, 0.29) is 6.03 Å². The van der Waals surface area contributed by atoms with E-state index in [1.54, 1.807) is 7.05 Å². The molecule has 0 radical (unpaired) electrons. The van der Waals surface area contributed by atoms with Crippen molar-refractivity contribution in [2.24, 2.45) is 11.8 Å². The number of nitrogens with zero attached hydrogens (tertiary/aromatic N) is 1. The lowest BCUT2D eigenvalue weighted by Gasteiger charge is -2.16. The third-order valence-corrected chi connectivity index (χ3v) is 2.40. The predicted octanol–water partition coefficient (Wildman–Crippen LogP) is 1.90. The topological polar surface area (TPSA) is 58.4 Å². The van der Waals surface area contributed by atoms with Crippen LogP contribution >= 0.6 is 0 Å². The molecule has 4 nitrogen and oxygen atoms in total. The van der Waals surface area contributed by atoms with Crippen molar-refractivity contribution >= 4 is 11.7 Å². The van der Waals surface area contributed by atoms with E-state index >= 15 is 0 Å². The standard InChI is InChI=1S/C12H19N3O/c1-9(2)8-10-4-6-11(7-5-10)15(3)12(16)14-13/h4-7,9H,8,13H2,1-3H3,(H,14,16). The van der Waals surface area contributed by atoms with Gasteiger partial charge >= 0.3 is 6.03 Å². The molecule has 0 aliphatic rings. The Labute approximate surface area is 96.4 Å². The largest absolute Gasteiger partial charge is 0.335 e. The molecule has 0 saturated heterocycles. The lowest BCUT2D eigenvalue weighted by atomic mass is 10.0. The summed E-state index contributed by atoms with van der Waals surface area (Å²) in [6.45, 7) is 4.36. The number of hydrogen-bond donors (Lipinski definition) is 2. The van der Waals surface area contributed by atoms with Crippen molar-refractivity contribution in [3.63, 3.8) is 0 Å². The van der Waals surface area contributed by atoms with Gasteiger partial charge in [0.25, 0.3) is 0 Å². The number of hydrogen-bond acceptors (Lipinski definition) is 2. The van der Waals surface area contributed by atoms with E-state index in [1.165, 1.54) is 10.5 Å². The van der Waals surface area contributed by atoms with Crippen LogP contribution in [0.15, 0.2) is 24.3 Å². The van der Waals surface area contributed by atoms with Crippen LogP contribution in [0.25, 0.3) is 0 Å². The fourth-order valence-electron chi connectivity index (χ4n) is 1.54. The minimum Gasteiger partial charge on any atom is -0.296 e. The molecular weight excluding hydrogens is 202 g/mol. The van der Waals surface area contributed by atoms with E-state index in [0.717, 1.165) is 12.1 Å². The van der Waals surface area contributed by atoms with Crippen molar-refractivity contribution in [2.75, 3.05) is 11.9 Å². The Morgan fingerprint density at radius 1 is 1.38 bits per heavy atom. The molecule has 0 saturated carbocycles. The first-order chi connectivity index (χ1) is 7.54. The van der Waals surface area contributed by atoms with Crippen LogP contribution < -0.4 is 16.2 Å². The highest BCUT2D eigenvalue weighted by Crippen LogP contribution is 2.15. The summed E-state index contributed by atoms with van der Waals surface area (Å²) < 4.78 is 0. The zero-order valence-electron chi connectivity index (χ0n) is 10.0. The summed E-state index contributed by atoms with van der Waals surface area (Å²) >= 11 is 0. The third kappa shape index (κ3) is 3.24. The van der Waals surface area contributed by atoms with Crippen LogP contribution in [0.3, 0.4) is 0 Å².